The number of fused-ring (bicyclic) bond motifs is 2. The lowest BCUT2D eigenvalue weighted by atomic mass is 9.94. The Kier molecular flexibility index (Phi) is 4.03. The maximum absolute atomic E-state index is 6.06. The topological polar surface area (TPSA) is 24.9 Å². The molecule has 0 aliphatic heterocycles. The molecule has 0 spiro atoms. The van der Waals surface area contributed by atoms with Gasteiger partial charge in [-0.05, 0) is 54.8 Å². The third-order valence-corrected chi connectivity index (χ3v) is 6.04. The minimum absolute atomic E-state index is 0.773. The van der Waals surface area contributed by atoms with Crippen molar-refractivity contribution in [1.29, 1.82) is 0 Å². The van der Waals surface area contributed by atoms with Crippen LogP contribution in [0.2, 0.25) is 5.02 Å². The number of nitrogens with zero attached hydrogens (tertiary/aromatic N) is 1. The van der Waals surface area contributed by atoms with Crippen LogP contribution < -0.4 is 5.32 Å². The van der Waals surface area contributed by atoms with E-state index in [9.17, 15) is 0 Å². The molecule has 114 valence electrons. The van der Waals surface area contributed by atoms with E-state index in [2.05, 4.69) is 28.5 Å². The van der Waals surface area contributed by atoms with Gasteiger partial charge in [-0.15, -0.1) is 11.3 Å². The minimum atomic E-state index is 0.773. The van der Waals surface area contributed by atoms with Gasteiger partial charge in [0.15, 0.2) is 0 Å². The highest BCUT2D eigenvalue weighted by Crippen LogP contribution is 2.43. The van der Waals surface area contributed by atoms with Crippen LogP contribution in [0, 0.1) is 17.8 Å². The fraction of sp³-hybridized carbons (Fsp3) is 0.389. The summed E-state index contributed by atoms with van der Waals surface area (Å²) in [5.41, 5.74) is 1.15. The molecule has 0 saturated heterocycles. The zero-order chi connectivity index (χ0) is 14.9. The maximum atomic E-state index is 6.06. The number of aromatic nitrogens is 1. The van der Waals surface area contributed by atoms with Gasteiger partial charge in [-0.3, -0.25) is 0 Å². The van der Waals surface area contributed by atoms with Gasteiger partial charge in [-0.2, -0.15) is 0 Å². The van der Waals surface area contributed by atoms with Crippen molar-refractivity contribution < 1.29 is 0 Å². The van der Waals surface area contributed by atoms with Crippen molar-refractivity contribution in [2.75, 3.05) is 6.54 Å². The summed E-state index contributed by atoms with van der Waals surface area (Å²) in [6.07, 6.45) is 9.51. The number of rotatable bonds is 5. The van der Waals surface area contributed by atoms with Crippen LogP contribution in [0.5, 0.6) is 0 Å². The van der Waals surface area contributed by atoms with E-state index in [1.807, 2.05) is 24.4 Å². The Balaban J connectivity index is 1.33. The smallest absolute Gasteiger partial charge is 0.107 e. The zero-order valence-corrected chi connectivity index (χ0v) is 13.9. The first-order chi connectivity index (χ1) is 10.8. The second-order valence-corrected chi connectivity index (χ2v) is 7.85. The lowest BCUT2D eigenvalue weighted by Gasteiger charge is -2.17. The Labute approximate surface area is 140 Å². The van der Waals surface area contributed by atoms with Gasteiger partial charge in [0.25, 0.3) is 0 Å². The monoisotopic (exact) mass is 330 g/mol. The molecule has 3 atom stereocenters. The normalized spacial score (nSPS) is 26.0. The standard InChI is InChI=1S/C18H19ClN2S/c19-16-3-1-2-14(8-16)17-10-21-18(22-17)11-20-9-15-7-12-4-5-13(15)6-12/h1-5,8,10,12-13,15,20H,6-7,9,11H2. The number of thiazole rings is 1. The zero-order valence-electron chi connectivity index (χ0n) is 12.3. The Morgan fingerprint density at radius 3 is 3.00 bits per heavy atom. The molecule has 0 amide bonds. The fourth-order valence-electron chi connectivity index (χ4n) is 3.66. The average Bonchev–Trinajstić information content (AvgIpc) is 3.23. The molecular formula is C18H19ClN2S. The van der Waals surface area contributed by atoms with Crippen molar-refractivity contribution in [1.82, 2.24) is 10.3 Å². The predicted molar refractivity (Wildman–Crippen MR) is 93.1 cm³/mol. The van der Waals surface area contributed by atoms with Crippen LogP contribution in [0.15, 0.2) is 42.6 Å². The molecule has 2 nitrogen and oxygen atoms in total. The van der Waals surface area contributed by atoms with Crippen molar-refractivity contribution in [3.8, 4) is 10.4 Å². The summed E-state index contributed by atoms with van der Waals surface area (Å²) in [5, 5.41) is 5.51. The minimum Gasteiger partial charge on any atom is -0.310 e. The Morgan fingerprint density at radius 2 is 2.23 bits per heavy atom. The summed E-state index contributed by atoms with van der Waals surface area (Å²) >= 11 is 7.80. The number of nitrogens with one attached hydrogen (secondary N) is 1. The van der Waals surface area contributed by atoms with Gasteiger partial charge < -0.3 is 5.32 Å². The number of allylic oxidation sites excluding steroid dienone is 2. The first kappa shape index (κ1) is 14.4. The molecule has 2 bridgehead atoms. The van der Waals surface area contributed by atoms with E-state index in [1.165, 1.54) is 17.7 Å². The summed E-state index contributed by atoms with van der Waals surface area (Å²) in [4.78, 5) is 5.72. The molecule has 0 radical (unpaired) electrons. The van der Waals surface area contributed by atoms with Crippen LogP contribution >= 0.6 is 22.9 Å². The van der Waals surface area contributed by atoms with Crippen molar-refractivity contribution >= 4 is 22.9 Å². The van der Waals surface area contributed by atoms with Crippen molar-refractivity contribution in [2.24, 2.45) is 17.8 Å². The molecule has 22 heavy (non-hydrogen) atoms. The second kappa shape index (κ2) is 6.15. The summed E-state index contributed by atoms with van der Waals surface area (Å²) in [6.45, 7) is 1.97. The van der Waals surface area contributed by atoms with E-state index in [-0.39, 0.29) is 0 Å². The van der Waals surface area contributed by atoms with Crippen LogP contribution in [0.1, 0.15) is 17.8 Å². The average molecular weight is 331 g/mol. The lowest BCUT2D eigenvalue weighted by molar-refractivity contribution is 0.414. The molecule has 2 aliphatic carbocycles. The molecule has 1 aromatic heterocycles. The largest absolute Gasteiger partial charge is 0.310 e. The lowest BCUT2D eigenvalue weighted by Crippen LogP contribution is -2.24. The van der Waals surface area contributed by atoms with Gasteiger partial charge >= 0.3 is 0 Å². The van der Waals surface area contributed by atoms with Gasteiger partial charge in [-0.25, -0.2) is 4.98 Å². The second-order valence-electron chi connectivity index (χ2n) is 6.30. The molecule has 2 aliphatic rings. The third kappa shape index (κ3) is 2.98. The quantitative estimate of drug-likeness (QED) is 0.799. The molecule has 1 aromatic carbocycles. The van der Waals surface area contributed by atoms with Crippen LogP contribution in [0.25, 0.3) is 10.4 Å². The van der Waals surface area contributed by atoms with Gasteiger partial charge in [-0.1, -0.05) is 35.9 Å². The van der Waals surface area contributed by atoms with Gasteiger partial charge in [0.1, 0.15) is 5.01 Å². The number of hydrogen-bond donors (Lipinski definition) is 1. The molecule has 4 heteroatoms. The first-order valence-electron chi connectivity index (χ1n) is 7.87. The van der Waals surface area contributed by atoms with Crippen LogP contribution in [0.3, 0.4) is 0 Å². The van der Waals surface area contributed by atoms with Crippen molar-refractivity contribution in [3.63, 3.8) is 0 Å². The Morgan fingerprint density at radius 1 is 1.27 bits per heavy atom. The van der Waals surface area contributed by atoms with E-state index >= 15 is 0 Å². The van der Waals surface area contributed by atoms with E-state index in [1.54, 1.807) is 11.3 Å². The van der Waals surface area contributed by atoms with E-state index in [4.69, 9.17) is 11.6 Å². The maximum Gasteiger partial charge on any atom is 0.107 e. The van der Waals surface area contributed by atoms with E-state index in [0.717, 1.165) is 46.4 Å². The van der Waals surface area contributed by atoms with Crippen molar-refractivity contribution in [2.45, 2.75) is 19.4 Å². The Bertz CT molecular complexity index is 694. The highest BCUT2D eigenvalue weighted by Gasteiger charge is 2.34. The van der Waals surface area contributed by atoms with Crippen LogP contribution in [0.4, 0.5) is 0 Å². The highest BCUT2D eigenvalue weighted by molar-refractivity contribution is 7.15. The van der Waals surface area contributed by atoms with Gasteiger partial charge in [0, 0.05) is 17.8 Å². The van der Waals surface area contributed by atoms with Crippen LogP contribution in [-0.2, 0) is 6.54 Å². The number of hydrogen-bond acceptors (Lipinski definition) is 3. The summed E-state index contributed by atoms with van der Waals surface area (Å²) in [6, 6.07) is 7.96. The van der Waals surface area contributed by atoms with Gasteiger partial charge in [0.2, 0.25) is 0 Å². The summed E-state index contributed by atoms with van der Waals surface area (Å²) < 4.78 is 0. The van der Waals surface area contributed by atoms with E-state index in [0.29, 0.717) is 0 Å². The molecule has 4 rings (SSSR count). The predicted octanol–water partition coefficient (Wildman–Crippen LogP) is 4.77. The van der Waals surface area contributed by atoms with E-state index < -0.39 is 0 Å². The number of halogens is 1. The Hall–Kier alpha value is -1.16. The van der Waals surface area contributed by atoms with Crippen LogP contribution in [-0.4, -0.2) is 11.5 Å². The highest BCUT2D eigenvalue weighted by atomic mass is 35.5. The van der Waals surface area contributed by atoms with Crippen molar-refractivity contribution in [3.05, 3.63) is 52.6 Å². The molecule has 1 fully saturated rings. The SMILES string of the molecule is Clc1cccc(-c2cnc(CNCC3CC4C=CC3C4)s2)c1. The van der Waals surface area contributed by atoms with Gasteiger partial charge in [0.05, 0.1) is 4.88 Å². The number of benzene rings is 1. The molecule has 3 unspecified atom stereocenters. The summed E-state index contributed by atoms with van der Waals surface area (Å²) in [5.74, 6) is 2.49. The molecule has 1 saturated carbocycles. The summed E-state index contributed by atoms with van der Waals surface area (Å²) in [7, 11) is 0. The molecule has 2 aromatic rings. The first-order valence-corrected chi connectivity index (χ1v) is 9.07. The molecular weight excluding hydrogens is 312 g/mol. The molecule has 1 heterocycles. The third-order valence-electron chi connectivity index (χ3n) is 4.76. The molecule has 1 N–H and O–H groups in total. The fourth-order valence-corrected chi connectivity index (χ4v) is 4.74.